The van der Waals surface area contributed by atoms with E-state index in [2.05, 4.69) is 43.5 Å². The Morgan fingerprint density at radius 2 is 0.667 bits per heavy atom. The maximum atomic E-state index is 13.4. The van der Waals surface area contributed by atoms with E-state index in [-0.39, 0.29) is 18.9 Å². The van der Waals surface area contributed by atoms with E-state index in [1.54, 1.807) is 6.08 Å². The molecule has 0 aromatic heterocycles. The molecule has 0 saturated carbocycles. The molecule has 2 heterocycles. The van der Waals surface area contributed by atoms with Crippen LogP contribution in [-0.4, -0.2) is 140 Å². The van der Waals surface area contributed by atoms with Gasteiger partial charge in [0, 0.05) is 6.42 Å². The number of ether oxygens (including phenoxy) is 4. The van der Waals surface area contributed by atoms with Crippen LogP contribution >= 0.6 is 0 Å². The fourth-order valence-corrected chi connectivity index (χ4v) is 14.3. The third kappa shape index (κ3) is 51.9. The van der Waals surface area contributed by atoms with Crippen molar-refractivity contribution in [2.24, 2.45) is 0 Å². The molecule has 2 aliphatic rings. The monoisotopic (exact) mass is 1400 g/mol. The zero-order chi connectivity index (χ0) is 71.5. The molecule has 0 bridgehead atoms. The number of aliphatic hydroxyl groups excluding tert-OH is 8. The minimum absolute atomic E-state index is 0.230. The van der Waals surface area contributed by atoms with Crippen LogP contribution in [0.25, 0.3) is 0 Å². The summed E-state index contributed by atoms with van der Waals surface area (Å²) < 4.78 is 22.9. The highest BCUT2D eigenvalue weighted by atomic mass is 16.7. The molecule has 584 valence electrons. The average molecular weight is 1410 g/mol. The maximum absolute atomic E-state index is 13.4. The molecule has 14 nitrogen and oxygen atoms in total. The van der Waals surface area contributed by atoms with E-state index in [4.69, 9.17) is 18.9 Å². The highest BCUT2D eigenvalue weighted by Gasteiger charge is 2.51. The Morgan fingerprint density at radius 1 is 0.364 bits per heavy atom. The van der Waals surface area contributed by atoms with Crippen molar-refractivity contribution in [1.82, 2.24) is 5.32 Å². The lowest BCUT2D eigenvalue weighted by Crippen LogP contribution is -2.65. The molecule has 14 heteroatoms. The first-order chi connectivity index (χ1) is 48.6. The van der Waals surface area contributed by atoms with E-state index >= 15 is 0 Å². The molecular weight excluding hydrogens is 1240 g/mol. The van der Waals surface area contributed by atoms with Crippen LogP contribution in [-0.2, 0) is 23.7 Å². The van der Waals surface area contributed by atoms with Crippen molar-refractivity contribution in [2.75, 3.05) is 19.8 Å². The first-order valence-electron chi connectivity index (χ1n) is 42.7. The van der Waals surface area contributed by atoms with Gasteiger partial charge >= 0.3 is 0 Å². The fourth-order valence-electron chi connectivity index (χ4n) is 14.3. The van der Waals surface area contributed by atoms with Crippen molar-refractivity contribution in [1.29, 1.82) is 0 Å². The predicted molar refractivity (Wildman–Crippen MR) is 411 cm³/mol. The van der Waals surface area contributed by atoms with Gasteiger partial charge in [0.2, 0.25) is 5.91 Å². The minimum atomic E-state index is -1.79. The molecule has 12 atom stereocenters. The van der Waals surface area contributed by atoms with E-state index in [9.17, 15) is 45.6 Å². The molecule has 0 aliphatic carbocycles. The first kappa shape index (κ1) is 93.3. The van der Waals surface area contributed by atoms with Gasteiger partial charge in [0.25, 0.3) is 0 Å². The Bertz CT molecular complexity index is 1800. The van der Waals surface area contributed by atoms with Crippen molar-refractivity contribution in [3.63, 3.8) is 0 Å². The van der Waals surface area contributed by atoms with Gasteiger partial charge in [-0.3, -0.25) is 4.79 Å². The Kier molecular flexibility index (Phi) is 65.3. The zero-order valence-electron chi connectivity index (χ0n) is 64.3. The van der Waals surface area contributed by atoms with Gasteiger partial charge in [0.05, 0.1) is 32.0 Å². The fraction of sp³-hybridized carbons (Fsp3) is 0.918. The van der Waals surface area contributed by atoms with Gasteiger partial charge < -0.3 is 65.1 Å². The number of carbonyl (C=O) groups is 1. The molecule has 2 saturated heterocycles. The maximum Gasteiger partial charge on any atom is 0.220 e. The average Bonchev–Trinajstić information content (AvgIpc) is 0.793. The third-order valence-corrected chi connectivity index (χ3v) is 21.1. The summed E-state index contributed by atoms with van der Waals surface area (Å²) in [5.74, 6) is -0.230. The second-order valence-corrected chi connectivity index (χ2v) is 30.3. The lowest BCUT2D eigenvalue weighted by molar-refractivity contribution is -0.359. The first-order valence-corrected chi connectivity index (χ1v) is 42.7. The second-order valence-electron chi connectivity index (χ2n) is 30.3. The molecule has 9 N–H and O–H groups in total. The number of unbranched alkanes of at least 4 members (excludes halogenated alkanes) is 56. The van der Waals surface area contributed by atoms with Crippen molar-refractivity contribution in [3.8, 4) is 0 Å². The van der Waals surface area contributed by atoms with Crippen molar-refractivity contribution in [3.05, 3.63) is 36.5 Å². The summed E-state index contributed by atoms with van der Waals surface area (Å²) in [5.41, 5.74) is 0. The van der Waals surface area contributed by atoms with Crippen LogP contribution in [0.3, 0.4) is 0 Å². The molecule has 2 fully saturated rings. The van der Waals surface area contributed by atoms with Crippen LogP contribution in [0.4, 0.5) is 0 Å². The highest BCUT2D eigenvalue weighted by molar-refractivity contribution is 5.76. The molecular formula is C85H161NO13. The largest absolute Gasteiger partial charge is 0.394 e. The topological polar surface area (TPSA) is 228 Å². The molecule has 0 radical (unpaired) electrons. The summed E-state index contributed by atoms with van der Waals surface area (Å²) in [7, 11) is 0. The van der Waals surface area contributed by atoms with Gasteiger partial charge in [-0.1, -0.05) is 384 Å². The number of allylic oxidation sites excluding steroid dienone is 5. The molecule has 0 aromatic rings. The van der Waals surface area contributed by atoms with Crippen LogP contribution in [0.15, 0.2) is 36.5 Å². The smallest absolute Gasteiger partial charge is 0.220 e. The molecule has 99 heavy (non-hydrogen) atoms. The zero-order valence-corrected chi connectivity index (χ0v) is 64.3. The normalized spacial score (nSPS) is 22.0. The Labute approximate surface area is 608 Å². The number of nitrogens with one attached hydrogen (secondary N) is 1. The van der Waals surface area contributed by atoms with Crippen LogP contribution < -0.4 is 5.32 Å². The number of rotatable bonds is 73. The number of hydrogen-bond donors (Lipinski definition) is 9. The minimum Gasteiger partial charge on any atom is -0.394 e. The molecule has 2 aliphatic heterocycles. The van der Waals surface area contributed by atoms with Crippen molar-refractivity contribution in [2.45, 2.75) is 479 Å². The van der Waals surface area contributed by atoms with Gasteiger partial charge in [0.1, 0.15) is 48.8 Å². The van der Waals surface area contributed by atoms with Gasteiger partial charge in [-0.05, 0) is 51.4 Å². The van der Waals surface area contributed by atoms with Crippen molar-refractivity contribution < 1.29 is 64.6 Å². The van der Waals surface area contributed by atoms with E-state index in [0.717, 1.165) is 44.9 Å². The lowest BCUT2D eigenvalue weighted by atomic mass is 9.97. The molecule has 12 unspecified atom stereocenters. The number of aliphatic hydroxyl groups is 8. The third-order valence-electron chi connectivity index (χ3n) is 21.1. The summed E-state index contributed by atoms with van der Waals surface area (Å²) in [4.78, 5) is 13.4. The highest BCUT2D eigenvalue weighted by Crippen LogP contribution is 2.30. The SMILES string of the molecule is CCCCCCC/C=C\C/C=C\CCCCCCCCCCCCCCCCCCCCCCCCCCCC(=O)NC(COC1OC(CO)C(OC2OC(CO)C(O)C(O)C2O)C(O)C1O)C(O)/C=C/CCCCCCCCCCCCCCCCCCCCCCCCCCCC. The molecule has 2 rings (SSSR count). The van der Waals surface area contributed by atoms with E-state index < -0.39 is 86.8 Å². The second kappa shape index (κ2) is 69.3. The van der Waals surface area contributed by atoms with Gasteiger partial charge in [0.15, 0.2) is 12.6 Å². The van der Waals surface area contributed by atoms with Gasteiger partial charge in [-0.25, -0.2) is 0 Å². The summed E-state index contributed by atoms with van der Waals surface area (Å²) in [6.45, 7) is 2.86. The number of carbonyl (C=O) groups excluding carboxylic acids is 1. The predicted octanol–water partition coefficient (Wildman–Crippen LogP) is 20.0. The van der Waals surface area contributed by atoms with Gasteiger partial charge in [-0.15, -0.1) is 0 Å². The van der Waals surface area contributed by atoms with E-state index in [1.165, 1.54) is 334 Å². The standard InChI is InChI=1S/C85H161NO13/c1-3-5-7-9-11-13-15-17-19-21-23-25-27-29-31-33-34-35-36-37-38-39-40-41-43-45-47-49-51-53-55-57-59-61-63-65-67-69-77(90)86-73(72-96-84-82(95)80(93)83(76(71-88)98-84)99-85-81(94)79(92)78(91)75(70-87)97-85)74(89)68-66-64-62-60-58-56-54-52-50-48-46-44-42-32-30-28-26-24-22-20-18-16-14-12-10-8-6-4-2/h15,17,21,23,66,68,73-76,78-85,87-89,91-95H,3-14,16,18-20,22,24-65,67,69-72H2,1-2H3,(H,86,90)/b17-15-,23-21-,68-66+. The quantitative estimate of drug-likeness (QED) is 0.0204. The molecule has 0 aromatic carbocycles. The molecule has 0 spiro atoms. The van der Waals surface area contributed by atoms with E-state index in [1.807, 2.05) is 6.08 Å². The lowest BCUT2D eigenvalue weighted by Gasteiger charge is -2.46. The van der Waals surface area contributed by atoms with Crippen LogP contribution in [0.2, 0.25) is 0 Å². The van der Waals surface area contributed by atoms with Crippen LogP contribution in [0, 0.1) is 0 Å². The number of hydrogen-bond acceptors (Lipinski definition) is 13. The Morgan fingerprint density at radius 3 is 1.01 bits per heavy atom. The summed E-state index contributed by atoms with van der Waals surface area (Å²) in [6.07, 6.45) is 75.3. The molecule has 1 amide bonds. The Hall–Kier alpha value is -1.79. The van der Waals surface area contributed by atoms with Crippen LogP contribution in [0.1, 0.15) is 406 Å². The summed E-state index contributed by atoms with van der Waals surface area (Å²) in [5, 5.41) is 87.8. The Balaban J connectivity index is 1.58. The summed E-state index contributed by atoms with van der Waals surface area (Å²) in [6, 6.07) is -0.915. The summed E-state index contributed by atoms with van der Waals surface area (Å²) >= 11 is 0. The van der Waals surface area contributed by atoms with E-state index in [0.29, 0.717) is 6.42 Å². The van der Waals surface area contributed by atoms with Crippen LogP contribution in [0.5, 0.6) is 0 Å². The van der Waals surface area contributed by atoms with Gasteiger partial charge in [-0.2, -0.15) is 0 Å². The number of amides is 1. The van der Waals surface area contributed by atoms with Crippen molar-refractivity contribution >= 4 is 5.91 Å².